The molecule has 144 valence electrons. The van der Waals surface area contributed by atoms with Gasteiger partial charge in [0.1, 0.15) is 18.5 Å². The molecule has 0 radical (unpaired) electrons. The van der Waals surface area contributed by atoms with E-state index in [2.05, 4.69) is 61.8 Å². The zero-order valence-electron chi connectivity index (χ0n) is 16.7. The Balaban J connectivity index is 1.65. The average molecular weight is 367 g/mol. The Morgan fingerprint density at radius 3 is 2.59 bits per heavy atom. The van der Waals surface area contributed by atoms with Gasteiger partial charge >= 0.3 is 0 Å². The average Bonchev–Trinajstić information content (AvgIpc) is 3.09. The van der Waals surface area contributed by atoms with E-state index in [0.717, 1.165) is 23.2 Å². The van der Waals surface area contributed by atoms with Gasteiger partial charge in [-0.2, -0.15) is 0 Å². The van der Waals surface area contributed by atoms with Crippen LogP contribution in [0.15, 0.2) is 54.7 Å². The van der Waals surface area contributed by atoms with E-state index in [-0.39, 0.29) is 12.1 Å². The predicted molar refractivity (Wildman–Crippen MR) is 111 cm³/mol. The molecule has 3 aromatic rings. The van der Waals surface area contributed by atoms with Crippen LogP contribution in [0.1, 0.15) is 31.9 Å². The predicted octanol–water partition coefficient (Wildman–Crippen LogP) is 4.52. The number of hydrogen-bond acceptors (Lipinski definition) is 3. The zero-order chi connectivity index (χ0) is 19.4. The lowest BCUT2D eigenvalue weighted by Crippen LogP contribution is -2.46. The molecule has 2 N–H and O–H groups in total. The van der Waals surface area contributed by atoms with Crippen LogP contribution in [0.2, 0.25) is 0 Å². The Bertz CT molecular complexity index is 879. The Kier molecular flexibility index (Phi) is 5.88. The van der Waals surface area contributed by atoms with Crippen molar-refractivity contribution in [3.8, 4) is 5.75 Å². The van der Waals surface area contributed by atoms with Crippen molar-refractivity contribution in [3.63, 3.8) is 0 Å². The van der Waals surface area contributed by atoms with E-state index in [4.69, 9.17) is 4.74 Å². The van der Waals surface area contributed by atoms with Gasteiger partial charge in [-0.15, -0.1) is 0 Å². The molecule has 0 amide bonds. The van der Waals surface area contributed by atoms with Crippen molar-refractivity contribution in [2.75, 3.05) is 13.2 Å². The van der Waals surface area contributed by atoms with Crippen molar-refractivity contribution < 1.29 is 9.84 Å². The molecule has 0 spiro atoms. The number of H-pyrrole nitrogens is 1. The molecule has 4 nitrogen and oxygen atoms in total. The number of nitrogens with zero attached hydrogens (tertiary/aromatic N) is 1. The summed E-state index contributed by atoms with van der Waals surface area (Å²) in [6.07, 6.45) is 1.33. The van der Waals surface area contributed by atoms with Crippen molar-refractivity contribution in [1.29, 1.82) is 0 Å². The molecule has 2 aromatic carbocycles. The summed E-state index contributed by atoms with van der Waals surface area (Å²) >= 11 is 0. The third-order valence-corrected chi connectivity index (χ3v) is 4.99. The highest BCUT2D eigenvalue weighted by Crippen LogP contribution is 2.25. The molecule has 0 aliphatic heterocycles. The molecule has 1 aromatic heterocycles. The van der Waals surface area contributed by atoms with Gasteiger partial charge in [0.05, 0.1) is 0 Å². The fourth-order valence-corrected chi connectivity index (χ4v) is 3.24. The second-order valence-electron chi connectivity index (χ2n) is 8.14. The lowest BCUT2D eigenvalue weighted by atomic mass is 10.0. The molecule has 4 heteroatoms. The fourth-order valence-electron chi connectivity index (χ4n) is 3.24. The Morgan fingerprint density at radius 1 is 1.07 bits per heavy atom. The largest absolute Gasteiger partial charge is 0.490 e. The molecule has 0 saturated heterocycles. The minimum absolute atomic E-state index is 0.0517. The van der Waals surface area contributed by atoms with Gasteiger partial charge < -0.3 is 14.8 Å². The number of β-amino-alcohol motifs (C(OH)–C–C–N with tert-alkyl or cyclic N) is 1. The molecule has 27 heavy (non-hydrogen) atoms. The fraction of sp³-hybridized carbons (Fsp3) is 0.391. The minimum Gasteiger partial charge on any atom is -0.490 e. The van der Waals surface area contributed by atoms with Crippen LogP contribution >= 0.6 is 0 Å². The summed E-state index contributed by atoms with van der Waals surface area (Å²) in [4.78, 5) is 5.49. The van der Waals surface area contributed by atoms with E-state index in [1.54, 1.807) is 0 Å². The van der Waals surface area contributed by atoms with Crippen molar-refractivity contribution in [2.45, 2.75) is 45.9 Å². The number of ether oxygens (including phenoxy) is 1. The molecule has 1 heterocycles. The molecule has 0 aliphatic rings. The summed E-state index contributed by atoms with van der Waals surface area (Å²) in [5, 5.41) is 11.7. The van der Waals surface area contributed by atoms with E-state index in [1.165, 1.54) is 11.1 Å². The topological polar surface area (TPSA) is 48.5 Å². The summed E-state index contributed by atoms with van der Waals surface area (Å²) in [7, 11) is 0. The van der Waals surface area contributed by atoms with E-state index in [1.807, 2.05) is 30.5 Å². The van der Waals surface area contributed by atoms with Gasteiger partial charge in [0.25, 0.3) is 0 Å². The van der Waals surface area contributed by atoms with Crippen LogP contribution in [0.25, 0.3) is 10.9 Å². The summed E-state index contributed by atoms with van der Waals surface area (Å²) < 4.78 is 5.93. The van der Waals surface area contributed by atoms with Crippen LogP contribution in [-0.2, 0) is 6.54 Å². The smallest absolute Gasteiger partial charge is 0.128 e. The number of benzene rings is 2. The molecule has 1 unspecified atom stereocenters. The quantitative estimate of drug-likeness (QED) is 0.646. The van der Waals surface area contributed by atoms with Crippen LogP contribution in [-0.4, -0.2) is 39.8 Å². The van der Waals surface area contributed by atoms with Gasteiger partial charge in [-0.1, -0.05) is 30.3 Å². The second kappa shape index (κ2) is 8.15. The Morgan fingerprint density at radius 2 is 1.85 bits per heavy atom. The zero-order valence-corrected chi connectivity index (χ0v) is 16.7. The summed E-state index contributed by atoms with van der Waals surface area (Å²) in [5.41, 5.74) is 3.55. The standard InChI is InChI=1S/C23H30N2O2/c1-17-8-5-6-9-18(17)14-25(23(2,3)4)15-19(26)16-27-22-11-7-10-21-20(22)12-13-24-21/h5-13,19,24,26H,14-16H2,1-4H3. The SMILES string of the molecule is Cc1ccccc1CN(CC(O)COc1cccc2[nH]ccc12)C(C)(C)C. The number of aryl methyl sites for hydroxylation is 1. The number of aliphatic hydroxyl groups excluding tert-OH is 1. The second-order valence-corrected chi connectivity index (χ2v) is 8.14. The van der Waals surface area contributed by atoms with Crippen LogP contribution in [0.4, 0.5) is 0 Å². The van der Waals surface area contributed by atoms with E-state index in [9.17, 15) is 5.11 Å². The molecule has 0 saturated carbocycles. The van der Waals surface area contributed by atoms with Gasteiger partial charge in [0, 0.05) is 35.7 Å². The summed E-state index contributed by atoms with van der Waals surface area (Å²) in [6.45, 7) is 10.3. The number of aliphatic hydroxyl groups is 1. The van der Waals surface area contributed by atoms with Crippen molar-refractivity contribution >= 4 is 10.9 Å². The molecular formula is C23H30N2O2. The van der Waals surface area contributed by atoms with E-state index < -0.39 is 6.10 Å². The van der Waals surface area contributed by atoms with Crippen molar-refractivity contribution in [2.24, 2.45) is 0 Å². The maximum absolute atomic E-state index is 10.6. The molecule has 0 bridgehead atoms. The lowest BCUT2D eigenvalue weighted by Gasteiger charge is -2.37. The number of fused-ring (bicyclic) bond motifs is 1. The molecule has 3 rings (SSSR count). The highest BCUT2D eigenvalue weighted by atomic mass is 16.5. The van der Waals surface area contributed by atoms with Crippen LogP contribution in [0.5, 0.6) is 5.75 Å². The Hall–Kier alpha value is -2.30. The highest BCUT2D eigenvalue weighted by molar-refractivity contribution is 5.85. The van der Waals surface area contributed by atoms with Gasteiger partial charge in [-0.25, -0.2) is 0 Å². The van der Waals surface area contributed by atoms with Gasteiger partial charge in [0.15, 0.2) is 0 Å². The number of rotatable bonds is 7. The third kappa shape index (κ3) is 4.90. The number of nitrogens with one attached hydrogen (secondary N) is 1. The number of aromatic amines is 1. The van der Waals surface area contributed by atoms with Crippen LogP contribution < -0.4 is 4.74 Å². The maximum Gasteiger partial charge on any atom is 0.128 e. The first-order valence-corrected chi connectivity index (χ1v) is 9.51. The first kappa shape index (κ1) is 19.5. The summed E-state index contributed by atoms with van der Waals surface area (Å²) in [6, 6.07) is 16.3. The lowest BCUT2D eigenvalue weighted by molar-refractivity contribution is 0.0287. The maximum atomic E-state index is 10.6. The molecule has 0 aliphatic carbocycles. The first-order valence-electron chi connectivity index (χ1n) is 9.51. The monoisotopic (exact) mass is 366 g/mol. The van der Waals surface area contributed by atoms with Crippen molar-refractivity contribution in [1.82, 2.24) is 9.88 Å². The van der Waals surface area contributed by atoms with E-state index >= 15 is 0 Å². The highest BCUT2D eigenvalue weighted by Gasteiger charge is 2.24. The van der Waals surface area contributed by atoms with Gasteiger partial charge in [-0.05, 0) is 57.0 Å². The van der Waals surface area contributed by atoms with Crippen LogP contribution in [0.3, 0.4) is 0 Å². The molecular weight excluding hydrogens is 336 g/mol. The van der Waals surface area contributed by atoms with E-state index in [0.29, 0.717) is 6.54 Å². The molecule has 0 fully saturated rings. The molecule has 1 atom stereocenters. The minimum atomic E-state index is -0.567. The number of aromatic nitrogens is 1. The van der Waals surface area contributed by atoms with Crippen LogP contribution in [0, 0.1) is 6.92 Å². The Labute approximate surface area is 161 Å². The normalized spacial score (nSPS) is 13.3. The van der Waals surface area contributed by atoms with Gasteiger partial charge in [-0.3, -0.25) is 4.90 Å². The summed E-state index contributed by atoms with van der Waals surface area (Å²) in [5.74, 6) is 0.800. The van der Waals surface area contributed by atoms with Gasteiger partial charge in [0.2, 0.25) is 0 Å². The van der Waals surface area contributed by atoms with Crippen molar-refractivity contribution in [3.05, 3.63) is 65.9 Å². The number of hydrogen-bond donors (Lipinski definition) is 2. The third-order valence-electron chi connectivity index (χ3n) is 4.99. The first-order chi connectivity index (χ1) is 12.8.